The van der Waals surface area contributed by atoms with Crippen LogP contribution in [0.4, 0.5) is 5.69 Å². The Morgan fingerprint density at radius 2 is 1.78 bits per heavy atom. The van der Waals surface area contributed by atoms with Crippen molar-refractivity contribution in [2.75, 3.05) is 18.4 Å². The number of rotatable bonds is 5. The Hall–Kier alpha value is -3.53. The van der Waals surface area contributed by atoms with Crippen LogP contribution in [0, 0.1) is 11.8 Å². The van der Waals surface area contributed by atoms with E-state index < -0.39 is 0 Å². The van der Waals surface area contributed by atoms with Gasteiger partial charge in [0.1, 0.15) is 12.4 Å². The fourth-order valence-electron chi connectivity index (χ4n) is 5.96. The van der Waals surface area contributed by atoms with Crippen molar-refractivity contribution >= 4 is 11.6 Å². The van der Waals surface area contributed by atoms with Gasteiger partial charge < -0.3 is 15.0 Å². The fourth-order valence-corrected chi connectivity index (χ4v) is 5.96. The zero-order valence-corrected chi connectivity index (χ0v) is 20.9. The number of nitrogens with one attached hydrogen (secondary N) is 1. The van der Waals surface area contributed by atoms with Crippen molar-refractivity contribution in [3.8, 4) is 5.75 Å². The quantitative estimate of drug-likeness (QED) is 0.403. The number of likely N-dealkylation sites (tertiary alicyclic amines) is 1. The SMILES string of the molecule is CC1CCN(C(=O)c2ccc3c(c2)C2C=CCC2C(c2ccc(OCc4ccccc4)cc2)N3)CC1. The van der Waals surface area contributed by atoms with Crippen molar-refractivity contribution in [3.63, 3.8) is 0 Å². The predicted molar refractivity (Wildman–Crippen MR) is 144 cm³/mol. The number of anilines is 1. The second kappa shape index (κ2) is 9.85. The molecule has 4 heteroatoms. The van der Waals surface area contributed by atoms with Gasteiger partial charge in [-0.25, -0.2) is 0 Å². The minimum atomic E-state index is 0.177. The molecule has 36 heavy (non-hydrogen) atoms. The van der Waals surface area contributed by atoms with Gasteiger partial charge in [0, 0.05) is 30.3 Å². The van der Waals surface area contributed by atoms with Crippen molar-refractivity contribution in [1.29, 1.82) is 0 Å². The molecule has 1 amide bonds. The summed E-state index contributed by atoms with van der Waals surface area (Å²) in [5.41, 5.74) is 5.65. The lowest BCUT2D eigenvalue weighted by Gasteiger charge is -2.38. The number of carbonyl (C=O) groups is 1. The Morgan fingerprint density at radius 1 is 1.00 bits per heavy atom. The number of hydrogen-bond acceptors (Lipinski definition) is 3. The van der Waals surface area contributed by atoms with E-state index in [0.29, 0.717) is 24.4 Å². The molecule has 2 aliphatic heterocycles. The molecule has 1 fully saturated rings. The summed E-state index contributed by atoms with van der Waals surface area (Å²) in [6, 6.07) is 25.3. The molecule has 4 nitrogen and oxygen atoms in total. The molecular formula is C32H34N2O2. The third-order valence-corrected chi connectivity index (χ3v) is 8.17. The predicted octanol–water partition coefficient (Wildman–Crippen LogP) is 6.96. The summed E-state index contributed by atoms with van der Waals surface area (Å²) in [6.07, 6.45) is 7.88. The smallest absolute Gasteiger partial charge is 0.253 e. The normalized spacial score (nSPS) is 23.0. The maximum absolute atomic E-state index is 13.2. The minimum Gasteiger partial charge on any atom is -0.489 e. The largest absolute Gasteiger partial charge is 0.489 e. The number of benzene rings is 3. The summed E-state index contributed by atoms with van der Waals surface area (Å²) in [5.74, 6) is 2.54. The lowest BCUT2D eigenvalue weighted by molar-refractivity contribution is 0.0697. The number of allylic oxidation sites excluding steroid dienone is 2. The maximum atomic E-state index is 13.2. The molecule has 6 rings (SSSR count). The Kier molecular flexibility index (Phi) is 6.27. The molecular weight excluding hydrogens is 444 g/mol. The third kappa shape index (κ3) is 4.53. The van der Waals surface area contributed by atoms with E-state index in [-0.39, 0.29) is 11.9 Å². The van der Waals surface area contributed by atoms with Crippen LogP contribution in [0.1, 0.15) is 65.2 Å². The highest BCUT2D eigenvalue weighted by atomic mass is 16.5. The molecule has 1 aliphatic carbocycles. The number of amides is 1. The average Bonchev–Trinajstić information content (AvgIpc) is 3.43. The molecule has 0 saturated carbocycles. The molecule has 0 radical (unpaired) electrons. The van der Waals surface area contributed by atoms with Gasteiger partial charge in [0.2, 0.25) is 0 Å². The molecule has 3 unspecified atom stereocenters. The molecule has 0 bridgehead atoms. The van der Waals surface area contributed by atoms with Crippen molar-refractivity contribution in [2.45, 2.75) is 44.8 Å². The van der Waals surface area contributed by atoms with Gasteiger partial charge in [-0.2, -0.15) is 0 Å². The summed E-state index contributed by atoms with van der Waals surface area (Å²) >= 11 is 0. The monoisotopic (exact) mass is 478 g/mol. The third-order valence-electron chi connectivity index (χ3n) is 8.17. The molecule has 3 atom stereocenters. The Bertz CT molecular complexity index is 1240. The molecule has 0 aromatic heterocycles. The number of carbonyl (C=O) groups excluding carboxylic acids is 1. The van der Waals surface area contributed by atoms with Crippen LogP contribution in [0.15, 0.2) is 84.9 Å². The summed E-state index contributed by atoms with van der Waals surface area (Å²) in [6.45, 7) is 4.59. The maximum Gasteiger partial charge on any atom is 0.253 e. The molecule has 1 N–H and O–H groups in total. The second-order valence-corrected chi connectivity index (χ2v) is 10.6. The first-order valence-electron chi connectivity index (χ1n) is 13.3. The Balaban J connectivity index is 1.19. The van der Waals surface area contributed by atoms with Gasteiger partial charge >= 0.3 is 0 Å². The lowest BCUT2D eigenvalue weighted by Crippen LogP contribution is -2.38. The highest BCUT2D eigenvalue weighted by Crippen LogP contribution is 2.50. The highest BCUT2D eigenvalue weighted by Gasteiger charge is 2.38. The Labute approximate surface area is 214 Å². The molecule has 2 heterocycles. The van der Waals surface area contributed by atoms with Crippen molar-refractivity contribution in [3.05, 3.63) is 107 Å². The van der Waals surface area contributed by atoms with Crippen LogP contribution in [0.25, 0.3) is 0 Å². The fraction of sp³-hybridized carbons (Fsp3) is 0.344. The summed E-state index contributed by atoms with van der Waals surface area (Å²) in [4.78, 5) is 15.3. The van der Waals surface area contributed by atoms with Crippen LogP contribution in [0.2, 0.25) is 0 Å². The number of nitrogens with zero attached hydrogens (tertiary/aromatic N) is 1. The second-order valence-electron chi connectivity index (χ2n) is 10.6. The average molecular weight is 479 g/mol. The zero-order valence-electron chi connectivity index (χ0n) is 20.9. The van der Waals surface area contributed by atoms with Crippen LogP contribution >= 0.6 is 0 Å². The van der Waals surface area contributed by atoms with E-state index in [2.05, 4.69) is 72.9 Å². The topological polar surface area (TPSA) is 41.6 Å². The molecule has 3 aromatic carbocycles. The van der Waals surface area contributed by atoms with E-state index >= 15 is 0 Å². The van der Waals surface area contributed by atoms with Gasteiger partial charge in [-0.1, -0.05) is 61.5 Å². The first-order chi connectivity index (χ1) is 17.7. The van der Waals surface area contributed by atoms with Crippen LogP contribution < -0.4 is 10.1 Å². The number of fused-ring (bicyclic) bond motifs is 3. The van der Waals surface area contributed by atoms with Crippen LogP contribution in [-0.4, -0.2) is 23.9 Å². The molecule has 1 saturated heterocycles. The van der Waals surface area contributed by atoms with Gasteiger partial charge in [-0.05, 0) is 78.1 Å². The molecule has 0 spiro atoms. The lowest BCUT2D eigenvalue weighted by atomic mass is 9.76. The molecule has 3 aliphatic rings. The highest BCUT2D eigenvalue weighted by molar-refractivity contribution is 5.95. The van der Waals surface area contributed by atoms with Gasteiger partial charge in [0.25, 0.3) is 5.91 Å². The van der Waals surface area contributed by atoms with E-state index in [1.807, 2.05) is 29.2 Å². The summed E-state index contributed by atoms with van der Waals surface area (Å²) in [5, 5.41) is 3.81. The number of piperidine rings is 1. The van der Waals surface area contributed by atoms with E-state index in [9.17, 15) is 4.79 Å². The van der Waals surface area contributed by atoms with Crippen molar-refractivity contribution in [2.24, 2.45) is 11.8 Å². The van der Waals surface area contributed by atoms with E-state index in [0.717, 1.165) is 49.4 Å². The van der Waals surface area contributed by atoms with E-state index in [4.69, 9.17) is 4.74 Å². The van der Waals surface area contributed by atoms with Crippen LogP contribution in [0.5, 0.6) is 5.75 Å². The number of hydrogen-bond donors (Lipinski definition) is 1. The minimum absolute atomic E-state index is 0.177. The number of ether oxygens (including phenoxy) is 1. The van der Waals surface area contributed by atoms with Crippen LogP contribution in [-0.2, 0) is 6.61 Å². The van der Waals surface area contributed by atoms with Gasteiger partial charge in [-0.3, -0.25) is 4.79 Å². The molecule has 184 valence electrons. The first kappa shape index (κ1) is 22.9. The van der Waals surface area contributed by atoms with Crippen LogP contribution in [0.3, 0.4) is 0 Å². The summed E-state index contributed by atoms with van der Waals surface area (Å²) < 4.78 is 6.00. The van der Waals surface area contributed by atoms with Gasteiger partial charge in [0.05, 0.1) is 6.04 Å². The van der Waals surface area contributed by atoms with Crippen molar-refractivity contribution in [1.82, 2.24) is 4.90 Å². The van der Waals surface area contributed by atoms with E-state index in [1.165, 1.54) is 16.7 Å². The van der Waals surface area contributed by atoms with Gasteiger partial charge in [0.15, 0.2) is 0 Å². The first-order valence-corrected chi connectivity index (χ1v) is 13.3. The van der Waals surface area contributed by atoms with E-state index in [1.54, 1.807) is 0 Å². The van der Waals surface area contributed by atoms with Gasteiger partial charge in [-0.15, -0.1) is 0 Å². The Morgan fingerprint density at radius 3 is 2.56 bits per heavy atom. The summed E-state index contributed by atoms with van der Waals surface area (Å²) in [7, 11) is 0. The molecule has 3 aromatic rings. The standard InChI is InChI=1S/C32H34N2O2/c1-22-16-18-34(19-17-22)32(35)25-12-15-30-29(20-25)27-8-5-9-28(27)31(33-30)24-10-13-26(14-11-24)36-21-23-6-3-2-4-7-23/h2-8,10-15,20,22,27-28,31,33H,9,16-19,21H2,1H3. The van der Waals surface area contributed by atoms with Crippen molar-refractivity contribution < 1.29 is 9.53 Å². The zero-order chi connectivity index (χ0) is 24.5.